The average Bonchev–Trinajstić information content (AvgIpc) is 2.90. The maximum atomic E-state index is 13.2. The van der Waals surface area contributed by atoms with Crippen LogP contribution in [-0.2, 0) is 4.79 Å². The topological polar surface area (TPSA) is 32.3 Å². The summed E-state index contributed by atoms with van der Waals surface area (Å²) >= 11 is 0. The lowest BCUT2D eigenvalue weighted by molar-refractivity contribution is -0.117. The Hall–Kier alpha value is -1.42. The van der Waals surface area contributed by atoms with Crippen molar-refractivity contribution in [1.29, 1.82) is 0 Å². The van der Waals surface area contributed by atoms with Crippen molar-refractivity contribution in [3.63, 3.8) is 0 Å². The summed E-state index contributed by atoms with van der Waals surface area (Å²) in [6.45, 7) is 2.78. The van der Waals surface area contributed by atoms with Gasteiger partial charge in [-0.1, -0.05) is 18.9 Å². The fraction of sp³-hybridized carbons (Fsp3) is 0.533. The molecule has 0 aliphatic heterocycles. The minimum Gasteiger partial charge on any atom is -0.311 e. The first-order valence-electron chi connectivity index (χ1n) is 7.00. The van der Waals surface area contributed by atoms with Crippen molar-refractivity contribution in [3.8, 4) is 0 Å². The molecule has 0 atom stereocenters. The molecule has 1 saturated carbocycles. The number of nitrogens with one attached hydrogen (secondary N) is 1. The van der Waals surface area contributed by atoms with Gasteiger partial charge in [-0.05, 0) is 38.0 Å². The van der Waals surface area contributed by atoms with Crippen LogP contribution in [0.25, 0.3) is 0 Å². The van der Waals surface area contributed by atoms with Crippen LogP contribution in [0, 0.1) is 5.82 Å². The van der Waals surface area contributed by atoms with Crippen molar-refractivity contribution < 1.29 is 9.18 Å². The van der Waals surface area contributed by atoms with Gasteiger partial charge in [-0.25, -0.2) is 4.39 Å². The van der Waals surface area contributed by atoms with Gasteiger partial charge in [-0.15, -0.1) is 0 Å². The van der Waals surface area contributed by atoms with Crippen LogP contribution in [-0.4, -0.2) is 25.0 Å². The number of anilines is 1. The standard InChI is InChI=1S/C15H21FN2O/c1-2-18(14-9-5-6-12(16)10-14)15(19)11-17-13-7-3-4-8-13/h5-6,9-10,13,17H,2-4,7-8,11H2,1H3. The Balaban J connectivity index is 1.94. The van der Waals surface area contributed by atoms with Crippen LogP contribution in [0.15, 0.2) is 24.3 Å². The predicted octanol–water partition coefficient (Wildman–Crippen LogP) is 2.71. The van der Waals surface area contributed by atoms with Crippen molar-refractivity contribution in [2.45, 2.75) is 38.6 Å². The molecule has 0 aromatic heterocycles. The third-order valence-electron chi connectivity index (χ3n) is 3.63. The molecule has 19 heavy (non-hydrogen) atoms. The third kappa shape index (κ3) is 3.77. The molecule has 0 heterocycles. The number of likely N-dealkylation sites (N-methyl/N-ethyl adjacent to an activating group) is 1. The van der Waals surface area contributed by atoms with Gasteiger partial charge < -0.3 is 10.2 Å². The van der Waals surface area contributed by atoms with Gasteiger partial charge >= 0.3 is 0 Å². The van der Waals surface area contributed by atoms with E-state index in [0.29, 0.717) is 24.8 Å². The number of carbonyl (C=O) groups excluding carboxylic acids is 1. The molecule has 1 aromatic rings. The van der Waals surface area contributed by atoms with Crippen LogP contribution in [0.3, 0.4) is 0 Å². The van der Waals surface area contributed by atoms with E-state index in [1.165, 1.54) is 25.0 Å². The SMILES string of the molecule is CCN(C(=O)CNC1CCCC1)c1cccc(F)c1. The summed E-state index contributed by atoms with van der Waals surface area (Å²) in [7, 11) is 0. The highest BCUT2D eigenvalue weighted by Crippen LogP contribution is 2.18. The fourth-order valence-electron chi connectivity index (χ4n) is 2.60. The highest BCUT2D eigenvalue weighted by Gasteiger charge is 2.18. The summed E-state index contributed by atoms with van der Waals surface area (Å²) in [6.07, 6.45) is 4.79. The van der Waals surface area contributed by atoms with Gasteiger partial charge in [0.2, 0.25) is 5.91 Å². The van der Waals surface area contributed by atoms with Gasteiger partial charge in [0, 0.05) is 18.3 Å². The lowest BCUT2D eigenvalue weighted by Gasteiger charge is -2.22. The highest BCUT2D eigenvalue weighted by molar-refractivity contribution is 5.94. The van der Waals surface area contributed by atoms with Crippen molar-refractivity contribution in [3.05, 3.63) is 30.1 Å². The van der Waals surface area contributed by atoms with E-state index in [1.807, 2.05) is 6.92 Å². The first-order valence-corrected chi connectivity index (χ1v) is 7.00. The van der Waals surface area contributed by atoms with Gasteiger partial charge in [-0.3, -0.25) is 4.79 Å². The first kappa shape index (κ1) is 14.0. The van der Waals surface area contributed by atoms with Gasteiger partial charge in [0.1, 0.15) is 5.82 Å². The minimum atomic E-state index is -0.312. The molecular formula is C15H21FN2O. The predicted molar refractivity (Wildman–Crippen MR) is 74.7 cm³/mol. The molecule has 0 spiro atoms. The molecule has 1 aliphatic rings. The van der Waals surface area contributed by atoms with Crippen LogP contribution < -0.4 is 10.2 Å². The summed E-state index contributed by atoms with van der Waals surface area (Å²) in [5, 5.41) is 3.30. The summed E-state index contributed by atoms with van der Waals surface area (Å²) < 4.78 is 13.2. The zero-order valence-corrected chi connectivity index (χ0v) is 11.4. The van der Waals surface area contributed by atoms with E-state index < -0.39 is 0 Å². The number of nitrogens with zero attached hydrogens (tertiary/aromatic N) is 1. The van der Waals surface area contributed by atoms with E-state index in [2.05, 4.69) is 5.32 Å². The Morgan fingerprint density at radius 2 is 2.16 bits per heavy atom. The van der Waals surface area contributed by atoms with E-state index >= 15 is 0 Å². The van der Waals surface area contributed by atoms with Gasteiger partial charge in [-0.2, -0.15) is 0 Å². The molecule has 1 fully saturated rings. The minimum absolute atomic E-state index is 0. The molecule has 3 nitrogen and oxygen atoms in total. The summed E-state index contributed by atoms with van der Waals surface area (Å²) in [4.78, 5) is 13.8. The Bertz CT molecular complexity index is 430. The molecule has 4 heteroatoms. The van der Waals surface area contributed by atoms with Crippen molar-refractivity contribution >= 4 is 11.6 Å². The fourth-order valence-corrected chi connectivity index (χ4v) is 2.60. The number of carbonyl (C=O) groups is 1. The number of halogens is 1. The van der Waals surface area contributed by atoms with E-state index in [-0.39, 0.29) is 11.7 Å². The first-order chi connectivity index (χ1) is 9.20. The van der Waals surface area contributed by atoms with Crippen molar-refractivity contribution in [1.82, 2.24) is 5.32 Å². The lowest BCUT2D eigenvalue weighted by Crippen LogP contribution is -2.41. The van der Waals surface area contributed by atoms with E-state index in [0.717, 1.165) is 12.8 Å². The molecular weight excluding hydrogens is 243 g/mol. The number of hydrogen-bond acceptors (Lipinski definition) is 2. The molecule has 1 aromatic carbocycles. The molecule has 2 rings (SSSR count). The maximum Gasteiger partial charge on any atom is 0.240 e. The van der Waals surface area contributed by atoms with Crippen molar-refractivity contribution in [2.75, 3.05) is 18.0 Å². The molecule has 1 aliphatic carbocycles. The zero-order valence-electron chi connectivity index (χ0n) is 11.4. The largest absolute Gasteiger partial charge is 0.311 e. The lowest BCUT2D eigenvalue weighted by atomic mass is 10.2. The molecule has 0 saturated heterocycles. The average molecular weight is 264 g/mol. The zero-order chi connectivity index (χ0) is 13.7. The van der Waals surface area contributed by atoms with Crippen LogP contribution in [0.1, 0.15) is 32.6 Å². The second kappa shape index (κ2) is 6.66. The smallest absolute Gasteiger partial charge is 0.240 e. The molecule has 0 radical (unpaired) electrons. The molecule has 1 amide bonds. The molecule has 104 valence electrons. The number of hydrogen-bond donors (Lipinski definition) is 1. The number of benzene rings is 1. The normalized spacial score (nSPS) is 15.7. The summed E-state index contributed by atoms with van der Waals surface area (Å²) in [5.41, 5.74) is 0.626. The molecule has 1 N–H and O–H groups in total. The van der Waals surface area contributed by atoms with Crippen molar-refractivity contribution in [2.24, 2.45) is 0 Å². The molecule has 0 unspecified atom stereocenters. The van der Waals surface area contributed by atoms with Crippen LogP contribution in [0.2, 0.25) is 0 Å². The monoisotopic (exact) mass is 264 g/mol. The van der Waals surface area contributed by atoms with E-state index in [4.69, 9.17) is 0 Å². The van der Waals surface area contributed by atoms with Crippen LogP contribution >= 0.6 is 0 Å². The van der Waals surface area contributed by atoms with Gasteiger partial charge in [0.15, 0.2) is 0 Å². The Morgan fingerprint density at radius 1 is 1.42 bits per heavy atom. The third-order valence-corrected chi connectivity index (χ3v) is 3.63. The van der Waals surface area contributed by atoms with Crippen LogP contribution in [0.4, 0.5) is 10.1 Å². The quantitative estimate of drug-likeness (QED) is 0.887. The van der Waals surface area contributed by atoms with Gasteiger partial charge in [0.25, 0.3) is 0 Å². The number of rotatable bonds is 5. The Labute approximate surface area is 113 Å². The summed E-state index contributed by atoms with van der Waals surface area (Å²) in [5.74, 6) is -0.312. The second-order valence-corrected chi connectivity index (χ2v) is 4.98. The second-order valence-electron chi connectivity index (χ2n) is 4.98. The Kier molecular flexibility index (Phi) is 4.91. The molecule has 0 bridgehead atoms. The van der Waals surface area contributed by atoms with Crippen LogP contribution in [0.5, 0.6) is 0 Å². The Morgan fingerprint density at radius 3 is 2.79 bits per heavy atom. The highest BCUT2D eigenvalue weighted by atomic mass is 19.1. The maximum absolute atomic E-state index is 13.2. The van der Waals surface area contributed by atoms with Gasteiger partial charge in [0.05, 0.1) is 6.54 Å². The van der Waals surface area contributed by atoms with E-state index in [9.17, 15) is 9.18 Å². The van der Waals surface area contributed by atoms with E-state index in [1.54, 1.807) is 17.0 Å². The summed E-state index contributed by atoms with van der Waals surface area (Å²) in [6, 6.07) is 6.65. The number of amides is 1.